The summed E-state index contributed by atoms with van der Waals surface area (Å²) in [5.41, 5.74) is 43.3. The Balaban J connectivity index is 0.000000161. The van der Waals surface area contributed by atoms with Crippen molar-refractivity contribution >= 4 is 132 Å². The van der Waals surface area contributed by atoms with E-state index in [1.165, 1.54) is 81.0 Å². The Hall–Kier alpha value is -11.0. The van der Waals surface area contributed by atoms with E-state index in [9.17, 15) is 34.6 Å². The first-order valence-corrected chi connectivity index (χ1v) is 33.6. The number of nitrogen functional groups attached to an aromatic ring is 1. The van der Waals surface area contributed by atoms with E-state index < -0.39 is 27.9 Å². The predicted molar refractivity (Wildman–Crippen MR) is 396 cm³/mol. The lowest BCUT2D eigenvalue weighted by molar-refractivity contribution is -0.385. The van der Waals surface area contributed by atoms with Crippen molar-refractivity contribution < 1.29 is 29.3 Å². The van der Waals surface area contributed by atoms with Gasteiger partial charge in [0.25, 0.3) is 23.2 Å². The lowest BCUT2D eigenvalue weighted by Crippen LogP contribution is -2.33. The minimum atomic E-state index is -0.896. The number of nitrogens with two attached hydrogens (primary N) is 3. The number of anilines is 1. The van der Waals surface area contributed by atoms with Crippen LogP contribution >= 0.6 is 34.0 Å². The van der Waals surface area contributed by atoms with Crippen LogP contribution in [0.25, 0.3) is 84.2 Å². The maximum Gasteiger partial charge on any atom is 0.345 e. The summed E-state index contributed by atoms with van der Waals surface area (Å²) in [6.45, 7) is 19.9. The summed E-state index contributed by atoms with van der Waals surface area (Å²) < 4.78 is 0. The van der Waals surface area contributed by atoms with Crippen molar-refractivity contribution in [3.63, 3.8) is 0 Å². The first-order chi connectivity index (χ1) is 46.9. The van der Waals surface area contributed by atoms with Gasteiger partial charge in [-0.2, -0.15) is 0 Å². The van der Waals surface area contributed by atoms with Crippen molar-refractivity contribution in [2.45, 2.75) is 96.7 Å². The number of nitrogens with zero attached hydrogens (tertiary/aromatic N) is 11. The van der Waals surface area contributed by atoms with Gasteiger partial charge in [0.2, 0.25) is 0 Å². The second-order valence-electron chi connectivity index (χ2n) is 26.4. The zero-order chi connectivity index (χ0) is 71.7. The quantitative estimate of drug-likeness (QED) is 0.0139. The van der Waals surface area contributed by atoms with Gasteiger partial charge in [0, 0.05) is 91.2 Å². The Kier molecular flexibility index (Phi) is 22.3. The summed E-state index contributed by atoms with van der Waals surface area (Å²) in [6.07, 6.45) is 0. The zero-order valence-corrected chi connectivity index (χ0v) is 58.1. The highest BCUT2D eigenvalue weighted by Gasteiger charge is 2.23. The Labute approximate surface area is 580 Å². The van der Waals surface area contributed by atoms with Crippen molar-refractivity contribution in [3.05, 3.63) is 253 Å². The summed E-state index contributed by atoms with van der Waals surface area (Å²) in [6, 6.07) is 48.1. The summed E-state index contributed by atoms with van der Waals surface area (Å²) in [5.74, 6) is -1.42. The molecule has 0 bridgehead atoms. The van der Waals surface area contributed by atoms with Gasteiger partial charge in [-0.15, -0.1) is 34.0 Å². The highest BCUT2D eigenvalue weighted by Crippen LogP contribution is 2.35. The predicted octanol–water partition coefficient (Wildman–Crippen LogP) is 17.5. The monoisotopic (exact) mass is 1380 g/mol. The Morgan fingerprint density at radius 2 is 0.889 bits per heavy atom. The molecular formula is C72H72N16O8S3. The highest BCUT2D eigenvalue weighted by molar-refractivity contribution is 7.21. The number of fused-ring (bicyclic) bond motifs is 6. The van der Waals surface area contributed by atoms with Crippen molar-refractivity contribution in [2.75, 3.05) is 25.4 Å². The fraction of sp³-hybridized carbons (Fsp3) is 0.250. The molecule has 24 nitrogen and oxygen atoms in total. The number of non-ortho nitro benzene ring substituents is 2. The van der Waals surface area contributed by atoms with Gasteiger partial charge in [0.05, 0.1) is 54.8 Å². The van der Waals surface area contributed by atoms with Crippen molar-refractivity contribution in [3.8, 4) is 0 Å². The molecular weight excluding hydrogens is 1310 g/mol. The third kappa shape index (κ3) is 18.2. The molecule has 0 aliphatic rings. The van der Waals surface area contributed by atoms with Gasteiger partial charge in [0.15, 0.2) is 0 Å². The number of rotatable bonds is 15. The number of hydrogen-bond donors (Lipinski definition) is 6. The molecule has 0 saturated heterocycles. The summed E-state index contributed by atoms with van der Waals surface area (Å²) in [4.78, 5) is 80.7. The summed E-state index contributed by atoms with van der Waals surface area (Å²) >= 11 is 3.88. The molecule has 6 heterocycles. The fourth-order valence-electron chi connectivity index (χ4n) is 10.5. The van der Waals surface area contributed by atoms with Crippen LogP contribution < -0.4 is 27.8 Å². The van der Waals surface area contributed by atoms with Crippen LogP contribution in [0.4, 0.5) is 17.1 Å². The number of thiophene rings is 3. The molecule has 506 valence electrons. The number of aromatic carboxylic acids is 1. The highest BCUT2D eigenvalue weighted by atomic mass is 32.1. The second-order valence-corrected chi connectivity index (χ2v) is 29.4. The fourth-order valence-corrected chi connectivity index (χ4v) is 13.2. The minimum absolute atomic E-state index is 0.0102. The van der Waals surface area contributed by atoms with Crippen LogP contribution in [0.2, 0.25) is 0 Å². The molecule has 0 radical (unpaired) electrons. The number of azide groups is 2. The maximum atomic E-state index is 13.1. The Bertz CT molecular complexity index is 5170. The van der Waals surface area contributed by atoms with Crippen molar-refractivity contribution in [2.24, 2.45) is 21.7 Å². The van der Waals surface area contributed by atoms with Crippen molar-refractivity contribution in [1.82, 2.24) is 25.6 Å². The molecule has 12 aromatic rings. The number of aromatic nitrogens is 3. The first-order valence-electron chi connectivity index (χ1n) is 31.1. The number of nitro benzene ring substituents is 2. The lowest BCUT2D eigenvalue weighted by Gasteiger charge is -2.19. The molecule has 27 heteroatoms. The van der Waals surface area contributed by atoms with E-state index >= 15 is 0 Å². The molecule has 9 N–H and O–H groups in total. The Morgan fingerprint density at radius 3 is 1.28 bits per heavy atom. The number of amides is 2. The molecule has 12 rings (SSSR count). The number of pyridine rings is 3. The summed E-state index contributed by atoms with van der Waals surface area (Å²) in [5, 5.41) is 49.3. The number of nitrogens with one attached hydrogen (secondary N) is 2. The van der Waals surface area contributed by atoms with Crippen molar-refractivity contribution in [1.29, 1.82) is 0 Å². The van der Waals surface area contributed by atoms with Crippen LogP contribution in [0, 0.1) is 20.2 Å². The number of carboxylic acid groups (broad SMARTS) is 1. The molecule has 6 aromatic carbocycles. The third-order valence-electron chi connectivity index (χ3n) is 16.0. The second kappa shape index (κ2) is 30.6. The number of hydrogen-bond acceptors (Lipinski definition) is 18. The van der Waals surface area contributed by atoms with Gasteiger partial charge in [-0.1, -0.05) is 127 Å². The van der Waals surface area contributed by atoms with E-state index in [4.69, 9.17) is 43.3 Å². The molecule has 99 heavy (non-hydrogen) atoms. The summed E-state index contributed by atoms with van der Waals surface area (Å²) in [7, 11) is 0. The van der Waals surface area contributed by atoms with E-state index in [2.05, 4.69) is 147 Å². The molecule has 2 amide bonds. The van der Waals surface area contributed by atoms with E-state index in [0.717, 1.165) is 68.9 Å². The molecule has 0 unspecified atom stereocenters. The van der Waals surface area contributed by atoms with E-state index in [-0.39, 0.29) is 65.1 Å². The zero-order valence-electron chi connectivity index (χ0n) is 55.6. The van der Waals surface area contributed by atoms with Crippen LogP contribution in [0.15, 0.2) is 174 Å². The van der Waals surface area contributed by atoms with E-state index in [1.54, 1.807) is 30.3 Å². The average Bonchev–Trinajstić information content (AvgIpc) is 1.70. The maximum absolute atomic E-state index is 13.1. The number of carbonyl (C=O) groups excluding carboxylic acids is 2. The van der Waals surface area contributed by atoms with Crippen LogP contribution in [0.5, 0.6) is 0 Å². The van der Waals surface area contributed by atoms with Gasteiger partial charge < -0.3 is 32.9 Å². The number of nitro groups is 2. The topological polar surface area (TPSA) is 396 Å². The SMILES string of the molecule is CC(C)(C)c1ccc2nc3sc(C(=O)N[C@H](CN)c4cccc(N)c4)cc3cc2c1.CC(C)(C)c1ccc2nc3sc(C(=O)N[C@H](CN=[N+]=[N-])c4cccc([N+](=O)[O-])c4)cc3cc2c1.CC(C)(C)c1ccc2nc3sc(C(=O)O)cc3cc2c1.[N-]=[N+]=NC[C@@H](N)c1cccc([N+](=O)[O-])c1. The van der Waals surface area contributed by atoms with Gasteiger partial charge in [0.1, 0.15) is 19.4 Å². The van der Waals surface area contributed by atoms with Crippen LogP contribution in [-0.2, 0) is 16.2 Å². The Morgan fingerprint density at radius 1 is 0.515 bits per heavy atom. The van der Waals surface area contributed by atoms with E-state index in [0.29, 0.717) is 31.4 Å². The normalized spacial score (nSPS) is 12.4. The standard InChI is InChI=1S/C24H22N6O3S.C24H26N4OS.C16H15NO2S.C8H9N5O2/c1-24(2,3)17-7-8-19-15(10-17)9-16-12-21(34-23(16)28-19)22(31)27-20(13-26-29-25)14-5-4-6-18(11-14)30(32)33;1-24(2,3)17-7-8-19-15(10-17)9-16-12-21(30-23(16)28-19)22(29)27-20(13-25)14-5-4-6-18(26)11-14;1-16(2,3)11-4-5-12-9(7-11)6-10-8-13(15(18)19)20-14(10)17-12;9-8(5-11-12-10)6-2-1-3-7(4-6)13(14)15/h4-12,20H,13H2,1-3H3,(H,27,31);4-12,20H,13,25-26H2,1-3H3,(H,27,29);4-8H,1-3H3,(H,18,19);1-4,8H,5,9H2/t2*20-;;8-/m11.1/s1. The molecule has 0 spiro atoms. The van der Waals surface area contributed by atoms with Crippen LogP contribution in [0.3, 0.4) is 0 Å². The van der Waals surface area contributed by atoms with Crippen LogP contribution in [0.1, 0.15) is 143 Å². The smallest absolute Gasteiger partial charge is 0.345 e. The van der Waals surface area contributed by atoms with Gasteiger partial charge in [-0.25, -0.2) is 19.7 Å². The van der Waals surface area contributed by atoms with E-state index in [1.807, 2.05) is 54.6 Å². The molecule has 3 atom stereocenters. The van der Waals surface area contributed by atoms with Gasteiger partial charge >= 0.3 is 5.97 Å². The third-order valence-corrected chi connectivity index (χ3v) is 19.1. The first kappa shape index (κ1) is 72.3. The van der Waals surface area contributed by atoms with Gasteiger partial charge in [-0.3, -0.25) is 29.8 Å². The number of carbonyl (C=O) groups is 3. The number of benzene rings is 6. The van der Waals surface area contributed by atoms with Crippen LogP contribution in [-0.4, -0.2) is 67.3 Å². The molecule has 0 aliphatic heterocycles. The van der Waals surface area contributed by atoms with Gasteiger partial charge in [-0.05, 0) is 146 Å². The largest absolute Gasteiger partial charge is 0.477 e. The molecule has 0 aliphatic carbocycles. The molecule has 0 fully saturated rings. The molecule has 0 saturated carbocycles. The molecule has 6 aromatic heterocycles. The lowest BCUT2D eigenvalue weighted by atomic mass is 9.86. The number of carboxylic acids is 1. The minimum Gasteiger partial charge on any atom is -0.477 e. The average molecular weight is 1390 g/mol.